The molecule has 0 bridgehead atoms. The predicted octanol–water partition coefficient (Wildman–Crippen LogP) is 3.27. The largest absolute Gasteiger partial charge is 0.306 e. The van der Waals surface area contributed by atoms with E-state index in [4.69, 9.17) is 0 Å². The van der Waals surface area contributed by atoms with Crippen molar-refractivity contribution < 1.29 is 17.2 Å². The lowest BCUT2D eigenvalue weighted by atomic mass is 9.89. The number of nitrogens with zero attached hydrogens (tertiary/aromatic N) is 2. The van der Waals surface area contributed by atoms with Crippen LogP contribution in [0.25, 0.3) is 0 Å². The molecule has 0 N–H and O–H groups in total. The Morgan fingerprint density at radius 1 is 1.08 bits per heavy atom. The molecule has 4 nitrogen and oxygen atoms in total. The molecule has 2 atom stereocenters. The third-order valence-corrected chi connectivity index (χ3v) is 7.18. The number of benzene rings is 2. The first kappa shape index (κ1) is 17.4. The topological polar surface area (TPSA) is 40.6 Å². The van der Waals surface area contributed by atoms with Crippen molar-refractivity contribution >= 4 is 15.7 Å². The van der Waals surface area contributed by atoms with Gasteiger partial charge in [0.1, 0.15) is 0 Å². The highest BCUT2D eigenvalue weighted by atomic mass is 32.2. The summed E-state index contributed by atoms with van der Waals surface area (Å²) in [5.41, 5.74) is 2.72. The van der Waals surface area contributed by atoms with Gasteiger partial charge in [-0.3, -0.25) is 4.31 Å². The maximum atomic E-state index is 13.7. The molecule has 0 spiro atoms. The van der Waals surface area contributed by atoms with Gasteiger partial charge in [0.15, 0.2) is 11.6 Å². The number of sulfonamides is 1. The van der Waals surface area contributed by atoms with Crippen molar-refractivity contribution in [3.63, 3.8) is 0 Å². The van der Waals surface area contributed by atoms with Crippen LogP contribution in [-0.4, -0.2) is 39.5 Å². The van der Waals surface area contributed by atoms with Crippen LogP contribution < -0.4 is 4.31 Å². The van der Waals surface area contributed by atoms with Crippen molar-refractivity contribution in [1.29, 1.82) is 0 Å². The van der Waals surface area contributed by atoms with Gasteiger partial charge < -0.3 is 4.90 Å². The van der Waals surface area contributed by atoms with Crippen molar-refractivity contribution in [2.45, 2.75) is 30.2 Å². The van der Waals surface area contributed by atoms with Crippen LogP contribution in [0.2, 0.25) is 0 Å². The Morgan fingerprint density at radius 3 is 2.58 bits per heavy atom. The molecule has 0 saturated carbocycles. The summed E-state index contributed by atoms with van der Waals surface area (Å²) in [5.74, 6) is -2.14. The van der Waals surface area contributed by atoms with Gasteiger partial charge in [0.25, 0.3) is 10.0 Å². The number of aryl methyl sites for hydroxylation is 1. The zero-order valence-corrected chi connectivity index (χ0v) is 15.4. The second-order valence-corrected chi connectivity index (χ2v) is 8.98. The smallest absolute Gasteiger partial charge is 0.264 e. The molecule has 0 unspecified atom stereocenters. The number of halogens is 2. The summed E-state index contributed by atoms with van der Waals surface area (Å²) in [4.78, 5) is 1.98. The van der Waals surface area contributed by atoms with E-state index in [1.807, 2.05) is 32.2 Å². The molecule has 26 heavy (non-hydrogen) atoms. The first-order chi connectivity index (χ1) is 12.3. The summed E-state index contributed by atoms with van der Waals surface area (Å²) in [7, 11) is -1.96. The van der Waals surface area contributed by atoms with Crippen LogP contribution in [0, 0.1) is 18.6 Å². The van der Waals surface area contributed by atoms with Gasteiger partial charge >= 0.3 is 0 Å². The fraction of sp³-hybridized carbons (Fsp3) is 0.368. The van der Waals surface area contributed by atoms with Crippen LogP contribution >= 0.6 is 0 Å². The Balaban J connectivity index is 1.86. The van der Waals surface area contributed by atoms with E-state index in [-0.39, 0.29) is 16.9 Å². The highest BCUT2D eigenvalue weighted by Crippen LogP contribution is 2.47. The second-order valence-electron chi connectivity index (χ2n) is 7.16. The monoisotopic (exact) mass is 378 g/mol. The van der Waals surface area contributed by atoms with Crippen molar-refractivity contribution in [3.8, 4) is 0 Å². The molecule has 1 fully saturated rings. The number of rotatable bonds is 2. The van der Waals surface area contributed by atoms with Gasteiger partial charge in [0.2, 0.25) is 0 Å². The third kappa shape index (κ3) is 2.61. The number of anilines is 1. The maximum Gasteiger partial charge on any atom is 0.264 e. The van der Waals surface area contributed by atoms with Crippen molar-refractivity contribution in [2.75, 3.05) is 24.4 Å². The van der Waals surface area contributed by atoms with E-state index in [1.165, 1.54) is 4.31 Å². The molecule has 2 aromatic carbocycles. The molecule has 0 radical (unpaired) electrons. The van der Waals surface area contributed by atoms with Gasteiger partial charge in [-0.05, 0) is 56.8 Å². The molecule has 0 aromatic heterocycles. The van der Waals surface area contributed by atoms with E-state index in [0.29, 0.717) is 12.1 Å². The SMILES string of the molecule is Cc1ccc2c(c1)[C@@H]1CN(C)CC[C@@H]1N2S(=O)(=O)c1ccc(F)c(F)c1. The van der Waals surface area contributed by atoms with Gasteiger partial charge in [0, 0.05) is 12.5 Å². The molecule has 2 aliphatic heterocycles. The molecule has 2 heterocycles. The van der Waals surface area contributed by atoms with E-state index in [1.54, 1.807) is 0 Å². The average Bonchev–Trinajstić information content (AvgIpc) is 2.91. The zero-order valence-electron chi connectivity index (χ0n) is 14.6. The highest BCUT2D eigenvalue weighted by Gasteiger charge is 2.46. The summed E-state index contributed by atoms with van der Waals surface area (Å²) in [5, 5.41) is 0. The van der Waals surface area contributed by atoms with Crippen LogP contribution in [0.5, 0.6) is 0 Å². The Labute approximate surface area is 152 Å². The van der Waals surface area contributed by atoms with Crippen molar-refractivity contribution in [1.82, 2.24) is 4.90 Å². The number of hydrogen-bond donors (Lipinski definition) is 0. The summed E-state index contributed by atoms with van der Waals surface area (Å²) in [6, 6.07) is 8.28. The van der Waals surface area contributed by atoms with Gasteiger partial charge in [0.05, 0.1) is 16.6 Å². The molecule has 2 aromatic rings. The molecule has 4 rings (SSSR count). The zero-order chi connectivity index (χ0) is 18.6. The summed E-state index contributed by atoms with van der Waals surface area (Å²) in [6.45, 7) is 3.54. The average molecular weight is 378 g/mol. The molecule has 0 aliphatic carbocycles. The van der Waals surface area contributed by atoms with Crippen LogP contribution in [0.15, 0.2) is 41.3 Å². The van der Waals surface area contributed by atoms with Gasteiger partial charge in [-0.1, -0.05) is 17.7 Å². The summed E-state index contributed by atoms with van der Waals surface area (Å²) >= 11 is 0. The normalized spacial score (nSPS) is 23.0. The van der Waals surface area contributed by atoms with Crippen molar-refractivity contribution in [2.24, 2.45) is 0 Å². The number of fused-ring (bicyclic) bond motifs is 3. The minimum Gasteiger partial charge on any atom is -0.306 e. The lowest BCUT2D eigenvalue weighted by molar-refractivity contribution is 0.237. The van der Waals surface area contributed by atoms with Crippen LogP contribution in [0.3, 0.4) is 0 Å². The minimum absolute atomic E-state index is 0.0729. The van der Waals surface area contributed by atoms with Crippen LogP contribution in [0.1, 0.15) is 23.5 Å². The molecular weight excluding hydrogens is 358 g/mol. The summed E-state index contributed by atoms with van der Waals surface area (Å²) < 4.78 is 55.0. The number of likely N-dealkylation sites (tertiary alicyclic amines) is 1. The lowest BCUT2D eigenvalue weighted by Gasteiger charge is -2.36. The van der Waals surface area contributed by atoms with E-state index in [0.717, 1.165) is 42.4 Å². The molecule has 138 valence electrons. The standard InChI is InChI=1S/C19H20F2N2O2S/c1-12-3-6-18-14(9-12)15-11-22(2)8-7-19(15)23(18)26(24,25)13-4-5-16(20)17(21)10-13/h3-6,9-10,15,19H,7-8,11H2,1-2H3/t15-,19-/m0/s1. The van der Waals surface area contributed by atoms with Gasteiger partial charge in [-0.2, -0.15) is 0 Å². The van der Waals surface area contributed by atoms with Gasteiger partial charge in [-0.25, -0.2) is 17.2 Å². The molecule has 0 amide bonds. The first-order valence-corrected chi connectivity index (χ1v) is 10.0. The first-order valence-electron chi connectivity index (χ1n) is 8.57. The van der Waals surface area contributed by atoms with E-state index in [9.17, 15) is 17.2 Å². The number of piperidine rings is 1. The Bertz CT molecular complexity index is 977. The molecule has 1 saturated heterocycles. The predicted molar refractivity (Wildman–Crippen MR) is 95.8 cm³/mol. The van der Waals surface area contributed by atoms with Crippen molar-refractivity contribution in [3.05, 3.63) is 59.2 Å². The fourth-order valence-corrected chi connectivity index (χ4v) is 5.85. The Hall–Kier alpha value is -1.99. The lowest BCUT2D eigenvalue weighted by Crippen LogP contribution is -2.47. The fourth-order valence-electron chi connectivity index (χ4n) is 4.10. The van der Waals surface area contributed by atoms with Gasteiger partial charge in [-0.15, -0.1) is 0 Å². The minimum atomic E-state index is -3.98. The summed E-state index contributed by atoms with van der Waals surface area (Å²) in [6.07, 6.45) is 0.692. The van der Waals surface area contributed by atoms with E-state index < -0.39 is 21.7 Å². The van der Waals surface area contributed by atoms with Crippen LogP contribution in [0.4, 0.5) is 14.5 Å². The second kappa shape index (κ2) is 6.03. The number of hydrogen-bond acceptors (Lipinski definition) is 3. The van der Waals surface area contributed by atoms with Crippen LogP contribution in [-0.2, 0) is 10.0 Å². The molecule has 7 heteroatoms. The Morgan fingerprint density at radius 2 is 1.85 bits per heavy atom. The maximum absolute atomic E-state index is 13.7. The van der Waals surface area contributed by atoms with E-state index in [2.05, 4.69) is 4.90 Å². The quantitative estimate of drug-likeness (QED) is 0.805. The Kier molecular flexibility index (Phi) is 4.04. The number of likely N-dealkylation sites (N-methyl/N-ethyl adjacent to an activating group) is 1. The third-order valence-electron chi connectivity index (χ3n) is 5.35. The molecular formula is C19H20F2N2O2S. The van der Waals surface area contributed by atoms with E-state index >= 15 is 0 Å². The molecule has 2 aliphatic rings. The highest BCUT2D eigenvalue weighted by molar-refractivity contribution is 7.92.